The quantitative estimate of drug-likeness (QED) is 0.0261. The second-order valence-corrected chi connectivity index (χ2v) is 24.9. The van der Waals surface area contributed by atoms with Crippen LogP contribution >= 0.6 is 0 Å². The SMILES string of the molecule is CCCCCCCCCC/C=C\CCCCCCCCCCCCCCCCCCCC(=O)OCC(COC(=O)CCCCCCCCCCC)OC(=O)CCCCCCCCCCCCCCCCCCCCCCCCC. The number of hydrogen-bond acceptors (Lipinski definition) is 6. The molecule has 0 saturated heterocycles. The summed E-state index contributed by atoms with van der Waals surface area (Å²) >= 11 is 0. The molecule has 0 aromatic heterocycles. The van der Waals surface area contributed by atoms with Gasteiger partial charge in [0.25, 0.3) is 0 Å². The van der Waals surface area contributed by atoms with E-state index in [1.807, 2.05) is 0 Å². The van der Waals surface area contributed by atoms with E-state index in [1.54, 1.807) is 0 Å². The van der Waals surface area contributed by atoms with Crippen molar-refractivity contribution in [1.82, 2.24) is 0 Å². The summed E-state index contributed by atoms with van der Waals surface area (Å²) in [5.41, 5.74) is 0. The highest BCUT2D eigenvalue weighted by Crippen LogP contribution is 2.19. The summed E-state index contributed by atoms with van der Waals surface area (Å²) in [5.74, 6) is -0.830. The third-order valence-corrected chi connectivity index (χ3v) is 16.8. The molecule has 468 valence electrons. The predicted octanol–water partition coefficient (Wildman–Crippen LogP) is 24.8. The first-order chi connectivity index (χ1) is 39.0. The van der Waals surface area contributed by atoms with Crippen molar-refractivity contribution in [1.29, 1.82) is 0 Å². The Morgan fingerprint density at radius 2 is 0.418 bits per heavy atom. The van der Waals surface area contributed by atoms with Crippen LogP contribution in [0.5, 0.6) is 0 Å². The Bertz CT molecular complexity index is 1230. The zero-order valence-corrected chi connectivity index (χ0v) is 53.9. The second kappa shape index (κ2) is 68.6. The Labute approximate surface area is 494 Å². The molecule has 0 aliphatic carbocycles. The second-order valence-electron chi connectivity index (χ2n) is 24.9. The maximum absolute atomic E-state index is 12.9. The molecule has 0 rings (SSSR count). The maximum atomic E-state index is 12.9. The summed E-state index contributed by atoms with van der Waals surface area (Å²) in [6, 6.07) is 0. The monoisotopic (exact) mass is 1110 g/mol. The van der Waals surface area contributed by atoms with E-state index in [1.165, 1.54) is 321 Å². The fourth-order valence-corrected chi connectivity index (χ4v) is 11.3. The Morgan fingerprint density at radius 3 is 0.633 bits per heavy atom. The largest absolute Gasteiger partial charge is 0.462 e. The molecule has 1 unspecified atom stereocenters. The maximum Gasteiger partial charge on any atom is 0.306 e. The molecular formula is C73H140O6. The molecule has 0 spiro atoms. The number of allylic oxidation sites excluding steroid dienone is 2. The molecular weight excluding hydrogens is 973 g/mol. The molecule has 0 amide bonds. The first-order valence-corrected chi connectivity index (χ1v) is 36.2. The van der Waals surface area contributed by atoms with Gasteiger partial charge in [0.15, 0.2) is 6.10 Å². The zero-order chi connectivity index (χ0) is 57.1. The zero-order valence-electron chi connectivity index (χ0n) is 53.9. The van der Waals surface area contributed by atoms with Crippen molar-refractivity contribution in [2.75, 3.05) is 13.2 Å². The number of rotatable bonds is 68. The van der Waals surface area contributed by atoms with Crippen molar-refractivity contribution in [2.45, 2.75) is 425 Å². The lowest BCUT2D eigenvalue weighted by molar-refractivity contribution is -0.167. The van der Waals surface area contributed by atoms with Crippen LogP contribution in [0.15, 0.2) is 12.2 Å². The summed E-state index contributed by atoms with van der Waals surface area (Å²) in [4.78, 5) is 38.3. The van der Waals surface area contributed by atoms with E-state index in [0.717, 1.165) is 57.8 Å². The van der Waals surface area contributed by atoms with Crippen LogP contribution in [0.1, 0.15) is 419 Å². The van der Waals surface area contributed by atoms with E-state index in [9.17, 15) is 14.4 Å². The van der Waals surface area contributed by atoms with E-state index in [4.69, 9.17) is 14.2 Å². The molecule has 0 aliphatic rings. The number of carbonyl (C=O) groups excluding carboxylic acids is 3. The summed E-state index contributed by atoms with van der Waals surface area (Å²) in [7, 11) is 0. The Balaban J connectivity index is 4.06. The molecule has 1 atom stereocenters. The van der Waals surface area contributed by atoms with E-state index >= 15 is 0 Å². The number of esters is 3. The highest BCUT2D eigenvalue weighted by Gasteiger charge is 2.19. The standard InChI is InChI=1S/C73H140O6/c1-4-7-10-13-16-19-21-23-25-27-29-31-33-34-35-36-37-38-40-41-43-45-47-49-51-54-57-60-63-66-72(75)78-69-70(68-77-71(74)65-62-59-56-53-18-15-12-9-6-3)79-73(76)67-64-61-58-55-52-50-48-46-44-42-39-32-30-28-26-24-22-20-17-14-11-8-5-2/h27,29,70H,4-26,28,30-69H2,1-3H3/b29-27-. The first kappa shape index (κ1) is 77.2. The minimum absolute atomic E-state index is 0.0625. The van der Waals surface area contributed by atoms with Crippen molar-refractivity contribution in [2.24, 2.45) is 0 Å². The van der Waals surface area contributed by atoms with Gasteiger partial charge in [-0.25, -0.2) is 0 Å². The average Bonchev–Trinajstić information content (AvgIpc) is 3.45. The number of carbonyl (C=O) groups is 3. The molecule has 0 fully saturated rings. The topological polar surface area (TPSA) is 78.9 Å². The third kappa shape index (κ3) is 66.8. The van der Waals surface area contributed by atoms with E-state index < -0.39 is 6.10 Å². The lowest BCUT2D eigenvalue weighted by Gasteiger charge is -2.18. The molecule has 6 nitrogen and oxygen atoms in total. The number of hydrogen-bond donors (Lipinski definition) is 0. The lowest BCUT2D eigenvalue weighted by Crippen LogP contribution is -2.30. The van der Waals surface area contributed by atoms with E-state index in [-0.39, 0.29) is 31.1 Å². The van der Waals surface area contributed by atoms with E-state index in [0.29, 0.717) is 19.3 Å². The molecule has 0 aliphatic heterocycles. The van der Waals surface area contributed by atoms with Crippen molar-refractivity contribution in [3.8, 4) is 0 Å². The minimum atomic E-state index is -0.764. The molecule has 0 aromatic rings. The Morgan fingerprint density at radius 1 is 0.241 bits per heavy atom. The van der Waals surface area contributed by atoms with Crippen LogP contribution in [-0.2, 0) is 28.6 Å². The molecule has 6 heteroatoms. The van der Waals surface area contributed by atoms with Crippen LogP contribution in [0.4, 0.5) is 0 Å². The van der Waals surface area contributed by atoms with Gasteiger partial charge in [0, 0.05) is 19.3 Å². The molecule has 0 radical (unpaired) electrons. The van der Waals surface area contributed by atoms with Gasteiger partial charge in [0.2, 0.25) is 0 Å². The lowest BCUT2D eigenvalue weighted by atomic mass is 10.0. The summed E-state index contributed by atoms with van der Waals surface area (Å²) in [6.07, 6.45) is 82.7. The fourth-order valence-electron chi connectivity index (χ4n) is 11.3. The van der Waals surface area contributed by atoms with Crippen molar-refractivity contribution < 1.29 is 28.6 Å². The fraction of sp³-hybridized carbons (Fsp3) is 0.932. The molecule has 0 N–H and O–H groups in total. The van der Waals surface area contributed by atoms with Crippen molar-refractivity contribution in [3.05, 3.63) is 12.2 Å². The molecule has 0 saturated carbocycles. The summed E-state index contributed by atoms with van der Waals surface area (Å²) < 4.78 is 17.0. The molecule has 0 heterocycles. The van der Waals surface area contributed by atoms with Gasteiger partial charge in [-0.2, -0.15) is 0 Å². The van der Waals surface area contributed by atoms with Gasteiger partial charge in [0.05, 0.1) is 0 Å². The van der Waals surface area contributed by atoms with Gasteiger partial charge in [-0.05, 0) is 44.9 Å². The van der Waals surface area contributed by atoms with Gasteiger partial charge in [-0.3, -0.25) is 14.4 Å². The molecule has 0 aromatic carbocycles. The number of unbranched alkanes of at least 4 members (excludes halogenated alkanes) is 55. The smallest absolute Gasteiger partial charge is 0.306 e. The van der Waals surface area contributed by atoms with Crippen LogP contribution in [0.25, 0.3) is 0 Å². The first-order valence-electron chi connectivity index (χ1n) is 36.2. The van der Waals surface area contributed by atoms with Gasteiger partial charge in [0.1, 0.15) is 13.2 Å². The summed E-state index contributed by atoms with van der Waals surface area (Å²) in [5, 5.41) is 0. The van der Waals surface area contributed by atoms with E-state index in [2.05, 4.69) is 32.9 Å². The normalized spacial score (nSPS) is 12.0. The number of ether oxygens (including phenoxy) is 3. The highest BCUT2D eigenvalue weighted by atomic mass is 16.6. The highest BCUT2D eigenvalue weighted by molar-refractivity contribution is 5.71. The minimum Gasteiger partial charge on any atom is -0.462 e. The summed E-state index contributed by atoms with van der Waals surface area (Å²) in [6.45, 7) is 6.71. The van der Waals surface area contributed by atoms with Gasteiger partial charge in [-0.1, -0.05) is 367 Å². The predicted molar refractivity (Wildman–Crippen MR) is 344 cm³/mol. The molecule has 0 bridgehead atoms. The van der Waals surface area contributed by atoms with Gasteiger partial charge >= 0.3 is 17.9 Å². The molecule has 79 heavy (non-hydrogen) atoms. The van der Waals surface area contributed by atoms with Crippen LogP contribution in [0.2, 0.25) is 0 Å². The average molecular weight is 1110 g/mol. The van der Waals surface area contributed by atoms with Crippen LogP contribution in [0.3, 0.4) is 0 Å². The van der Waals surface area contributed by atoms with Gasteiger partial charge in [-0.15, -0.1) is 0 Å². The van der Waals surface area contributed by atoms with Crippen molar-refractivity contribution in [3.63, 3.8) is 0 Å². The van der Waals surface area contributed by atoms with Crippen LogP contribution in [0, 0.1) is 0 Å². The third-order valence-electron chi connectivity index (χ3n) is 16.8. The van der Waals surface area contributed by atoms with Crippen LogP contribution < -0.4 is 0 Å². The van der Waals surface area contributed by atoms with Gasteiger partial charge < -0.3 is 14.2 Å². The van der Waals surface area contributed by atoms with Crippen molar-refractivity contribution >= 4 is 17.9 Å². The van der Waals surface area contributed by atoms with Crippen LogP contribution in [-0.4, -0.2) is 37.2 Å². The Hall–Kier alpha value is -1.85. The Kier molecular flexibility index (Phi) is 67.0.